The Morgan fingerprint density at radius 1 is 1.07 bits per heavy atom. The summed E-state index contributed by atoms with van der Waals surface area (Å²) in [5.74, 6) is -1.78. The van der Waals surface area contributed by atoms with Gasteiger partial charge in [-0.25, -0.2) is 9.18 Å². The number of benzene rings is 2. The van der Waals surface area contributed by atoms with Gasteiger partial charge in [-0.05, 0) is 50.2 Å². The van der Waals surface area contributed by atoms with Gasteiger partial charge >= 0.3 is 5.97 Å². The molecule has 0 aromatic heterocycles. The van der Waals surface area contributed by atoms with E-state index in [2.05, 4.69) is 5.32 Å². The minimum atomic E-state index is -0.983. The number of carbonyl (C=O) groups is 3. The van der Waals surface area contributed by atoms with Gasteiger partial charge in [0.2, 0.25) is 5.91 Å². The lowest BCUT2D eigenvalue weighted by Crippen LogP contribution is -2.38. The van der Waals surface area contributed by atoms with Crippen LogP contribution in [0.1, 0.15) is 12.5 Å². The fourth-order valence-corrected chi connectivity index (χ4v) is 2.27. The molecule has 8 heteroatoms. The van der Waals surface area contributed by atoms with Crippen molar-refractivity contribution >= 4 is 23.5 Å². The number of nitrogens with one attached hydrogen (secondary N) is 1. The molecule has 0 heterocycles. The molecule has 2 rings (SSSR count). The van der Waals surface area contributed by atoms with Gasteiger partial charge in [0, 0.05) is 12.7 Å². The van der Waals surface area contributed by atoms with Gasteiger partial charge in [0.05, 0.1) is 6.54 Å². The molecular weight excluding hydrogens is 379 g/mol. The summed E-state index contributed by atoms with van der Waals surface area (Å²) < 4.78 is 23.1. The van der Waals surface area contributed by atoms with E-state index in [-0.39, 0.29) is 12.5 Å². The van der Waals surface area contributed by atoms with E-state index < -0.39 is 30.4 Å². The van der Waals surface area contributed by atoms with Crippen molar-refractivity contribution in [1.29, 1.82) is 0 Å². The molecule has 0 unspecified atom stereocenters. The number of aryl methyl sites for hydroxylation is 1. The molecule has 0 aliphatic carbocycles. The van der Waals surface area contributed by atoms with Gasteiger partial charge < -0.3 is 19.7 Å². The molecule has 2 amide bonds. The van der Waals surface area contributed by atoms with Gasteiger partial charge in [-0.1, -0.05) is 17.7 Å². The Morgan fingerprint density at radius 2 is 1.69 bits per heavy atom. The number of amides is 2. The van der Waals surface area contributed by atoms with E-state index >= 15 is 0 Å². The lowest BCUT2D eigenvalue weighted by Gasteiger charge is -2.18. The molecule has 29 heavy (non-hydrogen) atoms. The second kappa shape index (κ2) is 10.2. The average Bonchev–Trinajstić information content (AvgIpc) is 2.69. The number of rotatable bonds is 8. The number of nitrogens with zero attached hydrogens (tertiary/aromatic N) is 1. The molecule has 7 nitrogen and oxygen atoms in total. The molecule has 2 aromatic rings. The van der Waals surface area contributed by atoms with E-state index in [1.165, 1.54) is 38.2 Å². The molecule has 0 bridgehead atoms. The van der Waals surface area contributed by atoms with Gasteiger partial charge in [0.25, 0.3) is 5.91 Å². The van der Waals surface area contributed by atoms with E-state index in [1.54, 1.807) is 12.1 Å². The van der Waals surface area contributed by atoms with Crippen LogP contribution < -0.4 is 10.1 Å². The van der Waals surface area contributed by atoms with Crippen LogP contribution in [-0.2, 0) is 19.1 Å². The van der Waals surface area contributed by atoms with Gasteiger partial charge in [-0.2, -0.15) is 0 Å². The van der Waals surface area contributed by atoms with Crippen LogP contribution in [0, 0.1) is 12.7 Å². The van der Waals surface area contributed by atoms with Crippen LogP contribution >= 0.6 is 0 Å². The van der Waals surface area contributed by atoms with Crippen LogP contribution in [0.25, 0.3) is 0 Å². The molecule has 2 aromatic carbocycles. The number of hydrogen-bond donors (Lipinski definition) is 1. The minimum absolute atomic E-state index is 0.189. The molecule has 1 N–H and O–H groups in total. The second-order valence-corrected chi connectivity index (χ2v) is 6.49. The summed E-state index contributed by atoms with van der Waals surface area (Å²) in [7, 11) is 1.43. The van der Waals surface area contributed by atoms with Crippen LogP contribution in [0.4, 0.5) is 10.1 Å². The molecule has 0 fully saturated rings. The highest BCUT2D eigenvalue weighted by Crippen LogP contribution is 2.13. The van der Waals surface area contributed by atoms with Crippen molar-refractivity contribution in [2.24, 2.45) is 0 Å². The zero-order valence-electron chi connectivity index (χ0n) is 16.5. The molecule has 0 saturated heterocycles. The third-order valence-electron chi connectivity index (χ3n) is 3.94. The van der Waals surface area contributed by atoms with Crippen LogP contribution in [-0.4, -0.2) is 49.0 Å². The summed E-state index contributed by atoms with van der Waals surface area (Å²) in [5.41, 5.74) is 1.69. The van der Waals surface area contributed by atoms with Gasteiger partial charge in [-0.15, -0.1) is 0 Å². The molecule has 154 valence electrons. The predicted molar refractivity (Wildman–Crippen MR) is 105 cm³/mol. The third kappa shape index (κ3) is 7.25. The highest BCUT2D eigenvalue weighted by Gasteiger charge is 2.20. The second-order valence-electron chi connectivity index (χ2n) is 6.49. The number of carbonyl (C=O) groups excluding carboxylic acids is 3. The monoisotopic (exact) mass is 402 g/mol. The summed E-state index contributed by atoms with van der Waals surface area (Å²) in [5, 5.41) is 2.68. The van der Waals surface area contributed by atoms with Gasteiger partial charge in [0.1, 0.15) is 11.6 Å². The zero-order chi connectivity index (χ0) is 21.4. The molecular formula is C21H23FN2O5. The van der Waals surface area contributed by atoms with Gasteiger partial charge in [0.15, 0.2) is 12.7 Å². The summed E-state index contributed by atoms with van der Waals surface area (Å²) in [4.78, 5) is 37.2. The van der Waals surface area contributed by atoms with Crippen molar-refractivity contribution in [1.82, 2.24) is 4.90 Å². The average molecular weight is 402 g/mol. The first-order chi connectivity index (χ1) is 13.7. The van der Waals surface area contributed by atoms with Crippen molar-refractivity contribution in [3.8, 4) is 5.75 Å². The standard InChI is InChI=1S/C21H23FN2O5/c1-14-4-8-17(9-5-14)23-19(25)12-24(3)20(26)13-28-21(27)15(2)29-18-10-6-16(22)7-11-18/h4-11,15H,12-13H2,1-3H3,(H,23,25)/t15-/m1/s1. The summed E-state index contributed by atoms with van der Waals surface area (Å²) in [6.07, 6.45) is -0.983. The lowest BCUT2D eigenvalue weighted by molar-refractivity contribution is -0.157. The molecule has 0 aliphatic heterocycles. The molecule has 1 atom stereocenters. The highest BCUT2D eigenvalue weighted by atomic mass is 19.1. The Balaban J connectivity index is 1.75. The number of likely N-dealkylation sites (N-methyl/N-ethyl adjacent to an activating group) is 1. The quantitative estimate of drug-likeness (QED) is 0.686. The summed E-state index contributed by atoms with van der Waals surface area (Å²) >= 11 is 0. The number of halogens is 1. The maximum absolute atomic E-state index is 12.9. The van der Waals surface area contributed by atoms with Crippen LogP contribution in [0.3, 0.4) is 0 Å². The number of ether oxygens (including phenoxy) is 2. The van der Waals surface area contributed by atoms with E-state index in [9.17, 15) is 18.8 Å². The maximum atomic E-state index is 12.9. The minimum Gasteiger partial charge on any atom is -0.479 e. The molecule has 0 aliphatic rings. The van der Waals surface area contributed by atoms with E-state index in [0.29, 0.717) is 11.4 Å². The van der Waals surface area contributed by atoms with Crippen LogP contribution in [0.5, 0.6) is 5.75 Å². The number of esters is 1. The number of anilines is 1. The fourth-order valence-electron chi connectivity index (χ4n) is 2.27. The lowest BCUT2D eigenvalue weighted by atomic mass is 10.2. The van der Waals surface area contributed by atoms with E-state index in [1.807, 2.05) is 19.1 Å². The van der Waals surface area contributed by atoms with Crippen LogP contribution in [0.15, 0.2) is 48.5 Å². The SMILES string of the molecule is Cc1ccc(NC(=O)CN(C)C(=O)COC(=O)[C@@H](C)Oc2ccc(F)cc2)cc1. The third-order valence-corrected chi connectivity index (χ3v) is 3.94. The number of hydrogen-bond acceptors (Lipinski definition) is 5. The smallest absolute Gasteiger partial charge is 0.347 e. The Morgan fingerprint density at radius 3 is 2.31 bits per heavy atom. The first kappa shape index (κ1) is 21.9. The van der Waals surface area contributed by atoms with Crippen molar-refractivity contribution < 1.29 is 28.2 Å². The van der Waals surface area contributed by atoms with Crippen molar-refractivity contribution in [2.45, 2.75) is 20.0 Å². The van der Waals surface area contributed by atoms with Crippen molar-refractivity contribution in [2.75, 3.05) is 25.5 Å². The van der Waals surface area contributed by atoms with Crippen molar-refractivity contribution in [3.05, 3.63) is 59.9 Å². The summed E-state index contributed by atoms with van der Waals surface area (Å²) in [6, 6.07) is 12.4. The topological polar surface area (TPSA) is 84.9 Å². The zero-order valence-corrected chi connectivity index (χ0v) is 16.5. The van der Waals surface area contributed by atoms with E-state index in [4.69, 9.17) is 9.47 Å². The Labute approximate surface area is 168 Å². The maximum Gasteiger partial charge on any atom is 0.347 e. The Kier molecular flexibility index (Phi) is 7.70. The molecule has 0 saturated carbocycles. The fraction of sp³-hybridized carbons (Fsp3) is 0.286. The van der Waals surface area contributed by atoms with Gasteiger partial charge in [-0.3, -0.25) is 9.59 Å². The van der Waals surface area contributed by atoms with Crippen molar-refractivity contribution in [3.63, 3.8) is 0 Å². The molecule has 0 spiro atoms. The first-order valence-corrected chi connectivity index (χ1v) is 8.94. The van der Waals surface area contributed by atoms with Crippen LogP contribution in [0.2, 0.25) is 0 Å². The Bertz CT molecular complexity index is 852. The molecule has 0 radical (unpaired) electrons. The normalized spacial score (nSPS) is 11.3. The van der Waals surface area contributed by atoms with E-state index in [0.717, 1.165) is 10.5 Å². The summed E-state index contributed by atoms with van der Waals surface area (Å²) in [6.45, 7) is 2.68. The highest BCUT2D eigenvalue weighted by molar-refractivity contribution is 5.94. The first-order valence-electron chi connectivity index (χ1n) is 8.94. The largest absolute Gasteiger partial charge is 0.479 e. The predicted octanol–water partition coefficient (Wildman–Crippen LogP) is 2.54. The Hall–Kier alpha value is -3.42.